The molecule has 3 nitrogen and oxygen atoms in total. The fourth-order valence-corrected chi connectivity index (χ4v) is 3.86. The third kappa shape index (κ3) is 4.91. The van der Waals surface area contributed by atoms with E-state index in [1.165, 1.54) is 5.56 Å². The van der Waals surface area contributed by atoms with Gasteiger partial charge in [-0.3, -0.25) is 4.57 Å². The van der Waals surface area contributed by atoms with E-state index in [-0.39, 0.29) is 0 Å². The van der Waals surface area contributed by atoms with Gasteiger partial charge in [0.1, 0.15) is 0 Å². The van der Waals surface area contributed by atoms with Crippen LogP contribution in [0.5, 0.6) is 0 Å². The van der Waals surface area contributed by atoms with E-state index < -0.39 is 0 Å². The lowest BCUT2D eigenvalue weighted by molar-refractivity contribution is 0.888. The fourth-order valence-electron chi connectivity index (χ4n) is 2.84. The Bertz CT molecular complexity index is 1110. The van der Waals surface area contributed by atoms with Crippen molar-refractivity contribution in [2.24, 2.45) is 0 Å². The first-order valence-electron chi connectivity index (χ1n) is 9.02. The minimum Gasteiger partial charge on any atom is -0.270 e. The van der Waals surface area contributed by atoms with Crippen molar-refractivity contribution >= 4 is 41.0 Å². The molecule has 0 saturated heterocycles. The maximum Gasteiger partial charge on any atom is 0.196 e. The number of thioether (sulfide) groups is 1. The molecule has 0 amide bonds. The summed E-state index contributed by atoms with van der Waals surface area (Å²) in [6.07, 6.45) is 4.24. The zero-order valence-electron chi connectivity index (χ0n) is 15.4. The van der Waals surface area contributed by atoms with Gasteiger partial charge in [-0.1, -0.05) is 77.4 Å². The van der Waals surface area contributed by atoms with Crippen LogP contribution in [0.1, 0.15) is 5.56 Å². The molecule has 0 radical (unpaired) electrons. The van der Waals surface area contributed by atoms with E-state index in [1.807, 2.05) is 71.3 Å². The van der Waals surface area contributed by atoms with Crippen LogP contribution >= 0.6 is 35.0 Å². The highest BCUT2D eigenvalue weighted by Crippen LogP contribution is 2.29. The zero-order valence-corrected chi connectivity index (χ0v) is 17.7. The summed E-state index contributed by atoms with van der Waals surface area (Å²) in [7, 11) is 0. The van der Waals surface area contributed by atoms with Gasteiger partial charge in [0, 0.05) is 27.0 Å². The molecule has 1 heterocycles. The minimum absolute atomic E-state index is 0.687. The molecule has 0 atom stereocenters. The van der Waals surface area contributed by atoms with Crippen molar-refractivity contribution in [3.05, 3.63) is 101 Å². The molecular weight excluding hydrogens is 421 g/mol. The first-order chi connectivity index (χ1) is 14.2. The van der Waals surface area contributed by atoms with E-state index in [1.54, 1.807) is 11.8 Å². The van der Waals surface area contributed by atoms with Crippen molar-refractivity contribution in [1.82, 2.24) is 14.8 Å². The summed E-state index contributed by atoms with van der Waals surface area (Å²) in [5.41, 5.74) is 3.08. The molecule has 0 N–H and O–H groups in total. The highest BCUT2D eigenvalue weighted by Gasteiger charge is 2.15. The van der Waals surface area contributed by atoms with E-state index in [2.05, 4.69) is 34.5 Å². The molecule has 0 aliphatic heterocycles. The Kier molecular flexibility index (Phi) is 6.35. The largest absolute Gasteiger partial charge is 0.270 e. The average Bonchev–Trinajstić information content (AvgIpc) is 3.17. The van der Waals surface area contributed by atoms with Crippen molar-refractivity contribution in [2.45, 2.75) is 5.16 Å². The Balaban J connectivity index is 1.63. The summed E-state index contributed by atoms with van der Waals surface area (Å²) >= 11 is 13.7. The van der Waals surface area contributed by atoms with Crippen LogP contribution in [0.4, 0.5) is 0 Å². The van der Waals surface area contributed by atoms with Gasteiger partial charge in [-0.05, 0) is 54.1 Å². The zero-order chi connectivity index (χ0) is 20.1. The summed E-state index contributed by atoms with van der Waals surface area (Å²) in [4.78, 5) is 0. The molecule has 4 aromatic rings. The third-order valence-electron chi connectivity index (χ3n) is 4.24. The van der Waals surface area contributed by atoms with Gasteiger partial charge in [0.25, 0.3) is 0 Å². The monoisotopic (exact) mass is 437 g/mol. The number of aromatic nitrogens is 3. The Hall–Kier alpha value is -2.53. The highest BCUT2D eigenvalue weighted by molar-refractivity contribution is 7.99. The normalized spacial score (nSPS) is 11.2. The molecule has 0 bridgehead atoms. The molecule has 1 aromatic heterocycles. The Morgan fingerprint density at radius 2 is 1.45 bits per heavy atom. The summed E-state index contributed by atoms with van der Waals surface area (Å²) in [5.74, 6) is 1.54. The number of benzene rings is 3. The van der Waals surface area contributed by atoms with E-state index in [9.17, 15) is 0 Å². The molecule has 0 aliphatic carbocycles. The smallest absolute Gasteiger partial charge is 0.196 e. The van der Waals surface area contributed by atoms with Crippen molar-refractivity contribution in [2.75, 3.05) is 5.75 Å². The maximum atomic E-state index is 6.08. The number of hydrogen-bond acceptors (Lipinski definition) is 3. The molecule has 0 spiro atoms. The molecular formula is C23H17Cl2N3S. The maximum absolute atomic E-state index is 6.08. The number of rotatable bonds is 6. The molecule has 144 valence electrons. The quantitative estimate of drug-likeness (QED) is 0.302. The number of halogens is 2. The van der Waals surface area contributed by atoms with Gasteiger partial charge < -0.3 is 0 Å². The van der Waals surface area contributed by atoms with E-state index >= 15 is 0 Å². The standard InChI is InChI=1S/C23H17Cl2N3S/c24-19-10-8-18(9-11-19)22-26-27-23(28(22)21-14-12-20(25)13-15-21)29-16-4-7-17-5-2-1-3-6-17/h1-15H,16H2. The SMILES string of the molecule is Clc1ccc(-c2nnc(SCC=Cc3ccccc3)n2-c2ccc(Cl)cc2)cc1. The van der Waals surface area contributed by atoms with Crippen molar-refractivity contribution in [1.29, 1.82) is 0 Å². The van der Waals surface area contributed by atoms with E-state index in [0.29, 0.717) is 10.0 Å². The van der Waals surface area contributed by atoms with Crippen molar-refractivity contribution < 1.29 is 0 Å². The van der Waals surface area contributed by atoms with Gasteiger partial charge in [-0.25, -0.2) is 0 Å². The average molecular weight is 438 g/mol. The van der Waals surface area contributed by atoms with Gasteiger partial charge in [-0.2, -0.15) is 0 Å². The van der Waals surface area contributed by atoms with Crippen LogP contribution in [0.2, 0.25) is 10.0 Å². The Morgan fingerprint density at radius 1 is 0.793 bits per heavy atom. The van der Waals surface area contributed by atoms with Gasteiger partial charge in [0.05, 0.1) is 0 Å². The second-order valence-corrected chi connectivity index (χ2v) is 8.11. The molecule has 4 rings (SSSR count). The lowest BCUT2D eigenvalue weighted by Crippen LogP contribution is -1.99. The van der Waals surface area contributed by atoms with Gasteiger partial charge in [0.15, 0.2) is 11.0 Å². The predicted molar refractivity (Wildman–Crippen MR) is 123 cm³/mol. The molecule has 0 unspecified atom stereocenters. The highest BCUT2D eigenvalue weighted by atomic mass is 35.5. The summed E-state index contributed by atoms with van der Waals surface area (Å²) in [6, 6.07) is 25.5. The van der Waals surface area contributed by atoms with E-state index in [4.69, 9.17) is 23.2 Å². The van der Waals surface area contributed by atoms with Crippen LogP contribution in [-0.4, -0.2) is 20.5 Å². The summed E-state index contributed by atoms with van der Waals surface area (Å²) < 4.78 is 2.04. The molecule has 0 saturated carbocycles. The Morgan fingerprint density at radius 3 is 2.14 bits per heavy atom. The number of nitrogens with zero attached hydrogens (tertiary/aromatic N) is 3. The molecule has 6 heteroatoms. The molecule has 0 aliphatic rings. The van der Waals surface area contributed by atoms with Gasteiger partial charge in [-0.15, -0.1) is 10.2 Å². The van der Waals surface area contributed by atoms with Crippen molar-refractivity contribution in [3.63, 3.8) is 0 Å². The second-order valence-electron chi connectivity index (χ2n) is 6.25. The van der Waals surface area contributed by atoms with Gasteiger partial charge >= 0.3 is 0 Å². The summed E-state index contributed by atoms with van der Waals surface area (Å²) in [6.45, 7) is 0. The van der Waals surface area contributed by atoms with Crippen LogP contribution in [0.15, 0.2) is 90.1 Å². The van der Waals surface area contributed by atoms with Crippen LogP contribution in [0, 0.1) is 0 Å². The predicted octanol–water partition coefficient (Wildman–Crippen LogP) is 7.05. The molecule has 0 fully saturated rings. The summed E-state index contributed by atoms with van der Waals surface area (Å²) in [5, 5.41) is 11.1. The number of hydrogen-bond donors (Lipinski definition) is 0. The first kappa shape index (κ1) is 19.8. The lowest BCUT2D eigenvalue weighted by atomic mass is 10.2. The van der Waals surface area contributed by atoms with Crippen LogP contribution in [0.25, 0.3) is 23.2 Å². The topological polar surface area (TPSA) is 30.7 Å². The van der Waals surface area contributed by atoms with Gasteiger partial charge in [0.2, 0.25) is 0 Å². The minimum atomic E-state index is 0.687. The molecule has 29 heavy (non-hydrogen) atoms. The molecule has 3 aromatic carbocycles. The van der Waals surface area contributed by atoms with Crippen LogP contribution < -0.4 is 0 Å². The Labute approximate surface area is 184 Å². The van der Waals surface area contributed by atoms with Crippen LogP contribution in [-0.2, 0) is 0 Å². The van der Waals surface area contributed by atoms with E-state index in [0.717, 1.165) is 28.0 Å². The van der Waals surface area contributed by atoms with Crippen molar-refractivity contribution in [3.8, 4) is 17.1 Å². The van der Waals surface area contributed by atoms with Crippen LogP contribution in [0.3, 0.4) is 0 Å². The third-order valence-corrected chi connectivity index (χ3v) is 5.62. The fraction of sp³-hybridized carbons (Fsp3) is 0.0435. The second kappa shape index (κ2) is 9.31. The first-order valence-corrected chi connectivity index (χ1v) is 10.8. The lowest BCUT2D eigenvalue weighted by Gasteiger charge is -2.10.